The molecule has 0 bridgehead atoms. The summed E-state index contributed by atoms with van der Waals surface area (Å²) >= 11 is 0. The van der Waals surface area contributed by atoms with E-state index in [9.17, 15) is 9.59 Å². The van der Waals surface area contributed by atoms with Gasteiger partial charge in [0.25, 0.3) is 0 Å². The van der Waals surface area contributed by atoms with Crippen LogP contribution in [0.1, 0.15) is 52.4 Å². The molecule has 3 atom stereocenters. The molecule has 0 aromatic rings. The first-order chi connectivity index (χ1) is 7.60. The Morgan fingerprint density at radius 2 is 2.12 bits per heavy atom. The quantitative estimate of drug-likeness (QED) is 0.693. The molecule has 1 aliphatic heterocycles. The van der Waals surface area contributed by atoms with Gasteiger partial charge in [-0.1, -0.05) is 33.1 Å². The zero-order chi connectivity index (χ0) is 11.8. The highest BCUT2D eigenvalue weighted by Crippen LogP contribution is 2.51. The van der Waals surface area contributed by atoms with Crippen molar-refractivity contribution in [1.82, 2.24) is 5.32 Å². The summed E-state index contributed by atoms with van der Waals surface area (Å²) in [5.41, 5.74) is -0.0353. The van der Waals surface area contributed by atoms with E-state index in [0.717, 1.165) is 19.3 Å². The molecule has 2 amide bonds. The number of amides is 2. The molecule has 0 aromatic carbocycles. The van der Waals surface area contributed by atoms with E-state index in [1.54, 1.807) is 0 Å². The molecule has 1 heterocycles. The maximum Gasteiger partial charge on any atom is 0.230 e. The minimum absolute atomic E-state index is 0.0347. The van der Waals surface area contributed by atoms with E-state index in [0.29, 0.717) is 12.3 Å². The number of carbonyl (C=O) groups excluding carboxylic acids is 2. The molecule has 1 N–H and O–H groups in total. The Kier molecular flexibility index (Phi) is 3.04. The van der Waals surface area contributed by atoms with E-state index in [1.165, 1.54) is 12.8 Å². The van der Waals surface area contributed by atoms with Crippen LogP contribution < -0.4 is 5.32 Å². The van der Waals surface area contributed by atoms with Gasteiger partial charge in [0, 0.05) is 12.3 Å². The molecule has 1 saturated carbocycles. The van der Waals surface area contributed by atoms with Crippen LogP contribution in [0.4, 0.5) is 0 Å². The summed E-state index contributed by atoms with van der Waals surface area (Å²) in [5, 5.41) is 2.49. The van der Waals surface area contributed by atoms with Crippen molar-refractivity contribution in [3.63, 3.8) is 0 Å². The van der Waals surface area contributed by atoms with Gasteiger partial charge in [-0.15, -0.1) is 0 Å². The molecule has 16 heavy (non-hydrogen) atoms. The van der Waals surface area contributed by atoms with Crippen LogP contribution in [0.25, 0.3) is 0 Å². The fraction of sp³-hybridized carbons (Fsp3) is 0.846. The van der Waals surface area contributed by atoms with E-state index in [1.807, 2.05) is 0 Å². The van der Waals surface area contributed by atoms with E-state index in [2.05, 4.69) is 19.2 Å². The lowest BCUT2D eigenvalue weighted by Gasteiger charge is -2.49. The maximum absolute atomic E-state index is 11.9. The Hall–Kier alpha value is -0.860. The van der Waals surface area contributed by atoms with Crippen LogP contribution in [-0.2, 0) is 9.59 Å². The molecule has 90 valence electrons. The molecule has 1 aliphatic carbocycles. The first kappa shape index (κ1) is 11.6. The van der Waals surface area contributed by atoms with Crippen molar-refractivity contribution < 1.29 is 9.59 Å². The largest absolute Gasteiger partial charge is 0.296 e. The van der Waals surface area contributed by atoms with Gasteiger partial charge < -0.3 is 0 Å². The number of imide groups is 1. The van der Waals surface area contributed by atoms with E-state index < -0.39 is 0 Å². The number of hydrogen-bond acceptors (Lipinski definition) is 2. The predicted octanol–water partition coefficient (Wildman–Crippen LogP) is 2.26. The highest BCUT2D eigenvalue weighted by molar-refractivity contribution is 5.99. The molecule has 2 rings (SSSR count). The fourth-order valence-electron chi connectivity index (χ4n) is 3.76. The molecule has 1 saturated heterocycles. The van der Waals surface area contributed by atoms with Gasteiger partial charge in [-0.05, 0) is 24.2 Å². The lowest BCUT2D eigenvalue weighted by atomic mass is 9.56. The molecule has 3 nitrogen and oxygen atoms in total. The van der Waals surface area contributed by atoms with Gasteiger partial charge in [0.1, 0.15) is 0 Å². The maximum atomic E-state index is 11.9. The highest BCUT2D eigenvalue weighted by atomic mass is 16.2. The van der Waals surface area contributed by atoms with Crippen LogP contribution in [0, 0.1) is 17.3 Å². The SMILES string of the molecule is CCC1C(=O)NC(=O)CC12CCCCC2C. The second-order valence-corrected chi connectivity index (χ2v) is 5.43. The van der Waals surface area contributed by atoms with Crippen LogP contribution in [0.2, 0.25) is 0 Å². The number of nitrogens with one attached hydrogen (secondary N) is 1. The molecule has 3 heteroatoms. The zero-order valence-corrected chi connectivity index (χ0v) is 10.2. The van der Waals surface area contributed by atoms with Gasteiger partial charge in [0.05, 0.1) is 0 Å². The smallest absolute Gasteiger partial charge is 0.230 e. The third-order valence-corrected chi connectivity index (χ3v) is 4.68. The third kappa shape index (κ3) is 1.66. The number of rotatable bonds is 1. The molecule has 0 radical (unpaired) electrons. The van der Waals surface area contributed by atoms with Gasteiger partial charge in [0.2, 0.25) is 11.8 Å². The summed E-state index contributed by atoms with van der Waals surface area (Å²) in [4.78, 5) is 23.5. The number of piperidine rings is 1. The van der Waals surface area contributed by atoms with Crippen molar-refractivity contribution in [3.05, 3.63) is 0 Å². The summed E-state index contributed by atoms with van der Waals surface area (Å²) in [6.45, 7) is 4.27. The molecular weight excluding hydrogens is 202 g/mol. The van der Waals surface area contributed by atoms with Crippen molar-refractivity contribution in [2.75, 3.05) is 0 Å². The van der Waals surface area contributed by atoms with Crippen molar-refractivity contribution in [2.24, 2.45) is 17.3 Å². The Balaban J connectivity index is 2.32. The van der Waals surface area contributed by atoms with Crippen molar-refractivity contribution in [3.8, 4) is 0 Å². The molecule has 0 aromatic heterocycles. The zero-order valence-electron chi connectivity index (χ0n) is 10.2. The minimum Gasteiger partial charge on any atom is -0.296 e. The van der Waals surface area contributed by atoms with Gasteiger partial charge in [-0.25, -0.2) is 0 Å². The third-order valence-electron chi connectivity index (χ3n) is 4.68. The van der Waals surface area contributed by atoms with Gasteiger partial charge in [-0.2, -0.15) is 0 Å². The normalized spacial score (nSPS) is 39.9. The van der Waals surface area contributed by atoms with E-state index in [-0.39, 0.29) is 23.1 Å². The average molecular weight is 223 g/mol. The van der Waals surface area contributed by atoms with Crippen LogP contribution in [-0.4, -0.2) is 11.8 Å². The number of carbonyl (C=O) groups is 2. The van der Waals surface area contributed by atoms with Crippen molar-refractivity contribution in [1.29, 1.82) is 0 Å². The highest BCUT2D eigenvalue weighted by Gasteiger charge is 2.51. The summed E-state index contributed by atoms with van der Waals surface area (Å²) in [7, 11) is 0. The minimum atomic E-state index is -0.0663. The van der Waals surface area contributed by atoms with Gasteiger partial charge in [-0.3, -0.25) is 14.9 Å². The Labute approximate surface area is 97.0 Å². The molecule has 1 spiro atoms. The Morgan fingerprint density at radius 3 is 2.75 bits per heavy atom. The summed E-state index contributed by atoms with van der Waals surface area (Å²) in [6, 6.07) is 0. The first-order valence-corrected chi connectivity index (χ1v) is 6.44. The monoisotopic (exact) mass is 223 g/mol. The van der Waals surface area contributed by atoms with Gasteiger partial charge >= 0.3 is 0 Å². The second kappa shape index (κ2) is 4.19. The second-order valence-electron chi connectivity index (χ2n) is 5.43. The van der Waals surface area contributed by atoms with Crippen LogP contribution in [0.5, 0.6) is 0 Å². The summed E-state index contributed by atoms with van der Waals surface area (Å²) in [6.07, 6.45) is 6.03. The molecule has 3 unspecified atom stereocenters. The predicted molar refractivity (Wildman–Crippen MR) is 61.6 cm³/mol. The molecular formula is C13H21NO2. The van der Waals surface area contributed by atoms with Crippen molar-refractivity contribution in [2.45, 2.75) is 52.4 Å². The lowest BCUT2D eigenvalue weighted by Crippen LogP contribution is -2.55. The molecule has 2 fully saturated rings. The Bertz CT molecular complexity index is 313. The average Bonchev–Trinajstić information content (AvgIpc) is 2.22. The van der Waals surface area contributed by atoms with E-state index in [4.69, 9.17) is 0 Å². The molecule has 2 aliphatic rings. The van der Waals surface area contributed by atoms with Crippen LogP contribution >= 0.6 is 0 Å². The number of hydrogen-bond donors (Lipinski definition) is 1. The van der Waals surface area contributed by atoms with E-state index >= 15 is 0 Å². The Morgan fingerprint density at radius 1 is 1.38 bits per heavy atom. The topological polar surface area (TPSA) is 46.2 Å². The first-order valence-electron chi connectivity index (χ1n) is 6.44. The lowest BCUT2D eigenvalue weighted by molar-refractivity contribution is -0.148. The van der Waals surface area contributed by atoms with Crippen LogP contribution in [0.15, 0.2) is 0 Å². The fourth-order valence-corrected chi connectivity index (χ4v) is 3.76. The summed E-state index contributed by atoms with van der Waals surface area (Å²) < 4.78 is 0. The van der Waals surface area contributed by atoms with Crippen molar-refractivity contribution >= 4 is 11.8 Å². The standard InChI is InChI=1S/C13H21NO2/c1-3-10-12(16)14-11(15)8-13(10)7-5-4-6-9(13)2/h9-10H,3-8H2,1-2H3,(H,14,15,16). The van der Waals surface area contributed by atoms with Crippen LogP contribution in [0.3, 0.4) is 0 Å². The summed E-state index contributed by atoms with van der Waals surface area (Å²) in [5.74, 6) is 0.442. The van der Waals surface area contributed by atoms with Gasteiger partial charge in [0.15, 0.2) is 0 Å².